The van der Waals surface area contributed by atoms with Crippen LogP contribution >= 0.6 is 0 Å². The second-order valence-corrected chi connectivity index (χ2v) is 7.72. The molecule has 3 aromatic rings. The van der Waals surface area contributed by atoms with Gasteiger partial charge in [0.1, 0.15) is 0 Å². The van der Waals surface area contributed by atoms with Gasteiger partial charge in [-0.3, -0.25) is 14.7 Å². The monoisotopic (exact) mass is 376 g/mol. The Labute approximate surface area is 166 Å². The molecule has 0 radical (unpaired) electrons. The molecule has 1 aromatic carbocycles. The third-order valence-electron chi connectivity index (χ3n) is 5.52. The molecule has 5 nitrogen and oxygen atoms in total. The van der Waals surface area contributed by atoms with Crippen LogP contribution in [0, 0.1) is 0 Å². The van der Waals surface area contributed by atoms with Crippen LogP contribution in [-0.2, 0) is 17.8 Å². The molecule has 28 heavy (non-hydrogen) atoms. The van der Waals surface area contributed by atoms with Crippen LogP contribution in [-0.4, -0.2) is 39.9 Å². The van der Waals surface area contributed by atoms with Gasteiger partial charge in [0.2, 0.25) is 5.91 Å². The third-order valence-corrected chi connectivity index (χ3v) is 5.52. The molecule has 1 fully saturated rings. The number of aryl methyl sites for hydroxylation is 1. The quantitative estimate of drug-likeness (QED) is 0.661. The van der Waals surface area contributed by atoms with Crippen LogP contribution in [0.3, 0.4) is 0 Å². The summed E-state index contributed by atoms with van der Waals surface area (Å²) >= 11 is 0. The molecule has 1 saturated heterocycles. The maximum absolute atomic E-state index is 12.4. The van der Waals surface area contributed by atoms with Crippen LogP contribution in [0.5, 0.6) is 0 Å². The second-order valence-electron chi connectivity index (χ2n) is 7.72. The van der Waals surface area contributed by atoms with Gasteiger partial charge in [0.05, 0.1) is 0 Å². The van der Waals surface area contributed by atoms with Gasteiger partial charge >= 0.3 is 0 Å². The number of para-hydroxylation sites is 1. The number of pyridine rings is 1. The average molecular weight is 377 g/mol. The maximum atomic E-state index is 12.4. The number of likely N-dealkylation sites (tertiary alicyclic amines) is 1. The molecule has 0 spiro atoms. The lowest BCUT2D eigenvalue weighted by Crippen LogP contribution is -2.47. The number of hydrogen-bond acceptors (Lipinski definition) is 3. The number of H-pyrrole nitrogens is 1. The summed E-state index contributed by atoms with van der Waals surface area (Å²) in [5, 5.41) is 4.51. The smallest absolute Gasteiger partial charge is 0.220 e. The largest absolute Gasteiger partial charge is 0.361 e. The second kappa shape index (κ2) is 9.02. The standard InChI is InChI=1S/C23H28N4O/c28-23(11-3-7-19-15-25-22-10-2-1-9-21(19)22)26-20-8-5-13-27(17-20)16-18-6-4-12-24-14-18/h1-2,4,6,9-10,12,14-15,20,25H,3,5,7-8,11,13,16-17H2,(H,26,28)/t20-/m0/s1. The fourth-order valence-electron chi connectivity index (χ4n) is 4.14. The highest BCUT2D eigenvalue weighted by Crippen LogP contribution is 2.19. The van der Waals surface area contributed by atoms with Crippen LogP contribution in [0.15, 0.2) is 55.0 Å². The molecule has 0 saturated carbocycles. The van der Waals surface area contributed by atoms with Crippen molar-refractivity contribution in [1.82, 2.24) is 20.2 Å². The van der Waals surface area contributed by atoms with Gasteiger partial charge in [-0.1, -0.05) is 24.3 Å². The fraction of sp³-hybridized carbons (Fsp3) is 0.391. The van der Waals surface area contributed by atoms with Gasteiger partial charge in [0, 0.05) is 55.0 Å². The molecule has 3 heterocycles. The van der Waals surface area contributed by atoms with E-state index in [0.29, 0.717) is 6.42 Å². The van der Waals surface area contributed by atoms with Crippen LogP contribution in [0.2, 0.25) is 0 Å². The van der Waals surface area contributed by atoms with E-state index in [2.05, 4.69) is 50.6 Å². The predicted octanol–water partition coefficient (Wildman–Crippen LogP) is 3.67. The Kier molecular flexibility index (Phi) is 6.02. The molecule has 1 aliphatic rings. The van der Waals surface area contributed by atoms with Crippen molar-refractivity contribution in [3.8, 4) is 0 Å². The predicted molar refractivity (Wildman–Crippen MR) is 112 cm³/mol. The molecule has 1 amide bonds. The van der Waals surface area contributed by atoms with E-state index >= 15 is 0 Å². The van der Waals surface area contributed by atoms with E-state index in [1.165, 1.54) is 16.5 Å². The van der Waals surface area contributed by atoms with Gasteiger partial charge < -0.3 is 10.3 Å². The number of carbonyl (C=O) groups excluding carboxylic acids is 1. The summed E-state index contributed by atoms with van der Waals surface area (Å²) in [5.74, 6) is 0.174. The first-order valence-corrected chi connectivity index (χ1v) is 10.2. The number of aromatic nitrogens is 2. The van der Waals surface area contributed by atoms with Crippen molar-refractivity contribution >= 4 is 16.8 Å². The molecule has 4 rings (SSSR count). The van der Waals surface area contributed by atoms with Crippen LogP contribution < -0.4 is 5.32 Å². The van der Waals surface area contributed by atoms with Crippen LogP contribution in [0.1, 0.15) is 36.8 Å². The number of hydrogen-bond donors (Lipinski definition) is 2. The number of nitrogens with zero attached hydrogens (tertiary/aromatic N) is 2. The minimum atomic E-state index is 0.174. The van der Waals surface area contributed by atoms with Crippen molar-refractivity contribution in [2.75, 3.05) is 13.1 Å². The lowest BCUT2D eigenvalue weighted by molar-refractivity contribution is -0.122. The summed E-state index contributed by atoms with van der Waals surface area (Å²) in [4.78, 5) is 22.3. The molecular weight excluding hydrogens is 348 g/mol. The highest BCUT2D eigenvalue weighted by atomic mass is 16.1. The van der Waals surface area contributed by atoms with Crippen molar-refractivity contribution in [2.24, 2.45) is 0 Å². The molecular formula is C23H28N4O. The zero-order chi connectivity index (χ0) is 19.2. The maximum Gasteiger partial charge on any atom is 0.220 e. The zero-order valence-corrected chi connectivity index (χ0v) is 16.2. The number of rotatable bonds is 7. The van der Waals surface area contributed by atoms with Gasteiger partial charge in [-0.2, -0.15) is 0 Å². The number of nitrogens with one attached hydrogen (secondary N) is 2. The first-order valence-electron chi connectivity index (χ1n) is 10.2. The Bertz CT molecular complexity index is 905. The van der Waals surface area contributed by atoms with E-state index in [1.54, 1.807) is 6.20 Å². The average Bonchev–Trinajstić information content (AvgIpc) is 3.12. The Morgan fingerprint density at radius 1 is 1.25 bits per heavy atom. The van der Waals surface area contributed by atoms with Crippen molar-refractivity contribution < 1.29 is 4.79 Å². The minimum absolute atomic E-state index is 0.174. The molecule has 146 valence electrons. The lowest BCUT2D eigenvalue weighted by atomic mass is 10.0. The molecule has 2 aromatic heterocycles. The van der Waals surface area contributed by atoms with Crippen molar-refractivity contribution in [3.05, 3.63) is 66.1 Å². The molecule has 1 aliphatic heterocycles. The zero-order valence-electron chi connectivity index (χ0n) is 16.2. The Morgan fingerprint density at radius 3 is 3.07 bits per heavy atom. The lowest BCUT2D eigenvalue weighted by Gasteiger charge is -2.33. The molecule has 2 N–H and O–H groups in total. The van der Waals surface area contributed by atoms with Crippen molar-refractivity contribution in [1.29, 1.82) is 0 Å². The van der Waals surface area contributed by atoms with Crippen molar-refractivity contribution in [3.63, 3.8) is 0 Å². The normalized spacial score (nSPS) is 17.6. The van der Waals surface area contributed by atoms with Gasteiger partial charge in [0.15, 0.2) is 0 Å². The molecule has 0 unspecified atom stereocenters. The van der Waals surface area contributed by atoms with Crippen LogP contribution in [0.4, 0.5) is 0 Å². The van der Waals surface area contributed by atoms with E-state index in [9.17, 15) is 4.79 Å². The van der Waals surface area contributed by atoms with E-state index in [-0.39, 0.29) is 11.9 Å². The van der Waals surface area contributed by atoms with E-state index in [0.717, 1.165) is 50.8 Å². The first-order chi connectivity index (χ1) is 13.8. The summed E-state index contributed by atoms with van der Waals surface area (Å²) in [5.41, 5.74) is 3.69. The molecule has 5 heteroatoms. The number of benzene rings is 1. The highest BCUT2D eigenvalue weighted by molar-refractivity contribution is 5.83. The SMILES string of the molecule is O=C(CCCc1c[nH]c2ccccc12)N[C@H]1CCCN(Cc2cccnc2)C1. The first kappa shape index (κ1) is 18.7. The van der Waals surface area contributed by atoms with E-state index in [1.807, 2.05) is 18.3 Å². The third kappa shape index (κ3) is 4.78. The molecule has 0 aliphatic carbocycles. The fourth-order valence-corrected chi connectivity index (χ4v) is 4.14. The number of aromatic amines is 1. The van der Waals surface area contributed by atoms with Gasteiger partial charge in [-0.25, -0.2) is 0 Å². The van der Waals surface area contributed by atoms with E-state index in [4.69, 9.17) is 0 Å². The minimum Gasteiger partial charge on any atom is -0.361 e. The summed E-state index contributed by atoms with van der Waals surface area (Å²) < 4.78 is 0. The Hall–Kier alpha value is -2.66. The summed E-state index contributed by atoms with van der Waals surface area (Å²) in [7, 11) is 0. The summed E-state index contributed by atoms with van der Waals surface area (Å²) in [6.45, 7) is 2.91. The highest BCUT2D eigenvalue weighted by Gasteiger charge is 2.21. The topological polar surface area (TPSA) is 61.0 Å². The van der Waals surface area contributed by atoms with Crippen LogP contribution in [0.25, 0.3) is 10.9 Å². The summed E-state index contributed by atoms with van der Waals surface area (Å²) in [6.07, 6.45) is 10.4. The van der Waals surface area contributed by atoms with Gasteiger partial charge in [-0.15, -0.1) is 0 Å². The number of carbonyl (C=O) groups is 1. The summed E-state index contributed by atoms with van der Waals surface area (Å²) in [6, 6.07) is 12.7. The number of fused-ring (bicyclic) bond motifs is 1. The Morgan fingerprint density at radius 2 is 2.18 bits per heavy atom. The van der Waals surface area contributed by atoms with E-state index < -0.39 is 0 Å². The molecule has 0 bridgehead atoms. The Balaban J connectivity index is 1.22. The number of amides is 1. The van der Waals surface area contributed by atoms with Gasteiger partial charge in [0.25, 0.3) is 0 Å². The molecule has 1 atom stereocenters. The number of piperidine rings is 1. The van der Waals surface area contributed by atoms with Gasteiger partial charge in [-0.05, 0) is 55.5 Å². The van der Waals surface area contributed by atoms with Crippen molar-refractivity contribution in [2.45, 2.75) is 44.7 Å².